The number of hydrogen-bond donors (Lipinski definition) is 3. The molecule has 0 aliphatic heterocycles. The molecular weight excluding hydrogens is 402 g/mol. The van der Waals surface area contributed by atoms with Gasteiger partial charge >= 0.3 is 5.69 Å². The molecule has 0 atom stereocenters. The Morgan fingerprint density at radius 2 is 1.77 bits per heavy atom. The third-order valence-electron chi connectivity index (χ3n) is 4.28. The van der Waals surface area contributed by atoms with Crippen molar-refractivity contribution >= 4 is 34.8 Å². The number of nitrogens with two attached hydrogens (primary N) is 1. The Labute approximate surface area is 177 Å². The summed E-state index contributed by atoms with van der Waals surface area (Å²) in [5, 5.41) is 5.52. The summed E-state index contributed by atoms with van der Waals surface area (Å²) in [6.45, 7) is 2.16. The Balaban J connectivity index is 1.84. The van der Waals surface area contributed by atoms with Gasteiger partial charge in [0, 0.05) is 29.6 Å². The molecule has 8 nitrogen and oxygen atoms in total. The molecule has 0 radical (unpaired) electrons. The second kappa shape index (κ2) is 9.10. The molecule has 0 fully saturated rings. The summed E-state index contributed by atoms with van der Waals surface area (Å²) in [7, 11) is 0. The topological polar surface area (TPSA) is 119 Å². The van der Waals surface area contributed by atoms with Crippen LogP contribution in [0.3, 0.4) is 0 Å². The molecular formula is C21H19N5O3S. The quantitative estimate of drug-likeness (QED) is 0.543. The van der Waals surface area contributed by atoms with Crippen LogP contribution in [0.5, 0.6) is 0 Å². The van der Waals surface area contributed by atoms with Gasteiger partial charge in [0.2, 0.25) is 5.91 Å². The van der Waals surface area contributed by atoms with E-state index >= 15 is 0 Å². The number of aromatic nitrogens is 2. The number of carbonyl (C=O) groups is 2. The largest absolute Gasteiger partial charge is 0.366 e. The van der Waals surface area contributed by atoms with Gasteiger partial charge in [-0.1, -0.05) is 30.3 Å². The highest BCUT2D eigenvalue weighted by molar-refractivity contribution is 7.80. The van der Waals surface area contributed by atoms with Gasteiger partial charge in [-0.2, -0.15) is 4.98 Å². The van der Waals surface area contributed by atoms with Gasteiger partial charge in [-0.3, -0.25) is 19.5 Å². The van der Waals surface area contributed by atoms with Gasteiger partial charge in [-0.15, -0.1) is 0 Å². The molecule has 2 aromatic carbocycles. The first kappa shape index (κ1) is 20.9. The maximum Gasteiger partial charge on any atom is 0.348 e. The number of anilines is 1. The number of thiocarbonyl (C=S) groups is 1. The molecule has 0 spiro atoms. The smallest absolute Gasteiger partial charge is 0.348 e. The van der Waals surface area contributed by atoms with Gasteiger partial charge in [-0.25, -0.2) is 4.79 Å². The maximum absolute atomic E-state index is 12.9. The van der Waals surface area contributed by atoms with Crippen molar-refractivity contribution in [3.8, 4) is 11.3 Å². The van der Waals surface area contributed by atoms with Crippen LogP contribution in [0.25, 0.3) is 11.3 Å². The molecule has 1 aromatic heterocycles. The number of rotatable bonds is 5. The number of hydrogen-bond acceptors (Lipinski definition) is 5. The first-order valence-electron chi connectivity index (χ1n) is 9.08. The summed E-state index contributed by atoms with van der Waals surface area (Å²) < 4.78 is 1.35. The zero-order valence-electron chi connectivity index (χ0n) is 16.1. The van der Waals surface area contributed by atoms with Crippen molar-refractivity contribution in [3.63, 3.8) is 0 Å². The van der Waals surface area contributed by atoms with E-state index in [2.05, 4.69) is 15.6 Å². The minimum absolute atomic E-state index is 0.0556. The van der Waals surface area contributed by atoms with Crippen LogP contribution in [-0.2, 0) is 6.54 Å². The van der Waals surface area contributed by atoms with Crippen molar-refractivity contribution in [2.45, 2.75) is 13.5 Å². The zero-order chi connectivity index (χ0) is 21.7. The molecule has 1 heterocycles. The molecule has 3 rings (SSSR count). The highest BCUT2D eigenvalue weighted by atomic mass is 32.1. The van der Waals surface area contributed by atoms with Crippen LogP contribution in [0, 0.1) is 0 Å². The summed E-state index contributed by atoms with van der Waals surface area (Å²) in [6, 6.07) is 15.3. The monoisotopic (exact) mass is 421 g/mol. The van der Waals surface area contributed by atoms with Gasteiger partial charge < -0.3 is 11.1 Å². The van der Waals surface area contributed by atoms with E-state index in [1.165, 1.54) is 10.8 Å². The predicted octanol–water partition coefficient (Wildman–Crippen LogP) is 2.16. The Morgan fingerprint density at radius 3 is 2.37 bits per heavy atom. The summed E-state index contributed by atoms with van der Waals surface area (Å²) in [5.41, 5.74) is 6.84. The van der Waals surface area contributed by atoms with Crippen molar-refractivity contribution in [1.82, 2.24) is 14.9 Å². The number of nitrogens with zero attached hydrogens (tertiary/aromatic N) is 2. The lowest BCUT2D eigenvalue weighted by Crippen LogP contribution is -2.36. The third kappa shape index (κ3) is 4.76. The highest BCUT2D eigenvalue weighted by Gasteiger charge is 2.18. The van der Waals surface area contributed by atoms with E-state index in [1.54, 1.807) is 55.5 Å². The van der Waals surface area contributed by atoms with Crippen LogP contribution >= 0.6 is 12.2 Å². The normalized spacial score (nSPS) is 10.3. The minimum Gasteiger partial charge on any atom is -0.366 e. The first-order chi connectivity index (χ1) is 14.4. The van der Waals surface area contributed by atoms with E-state index in [0.29, 0.717) is 23.4 Å². The Hall–Kier alpha value is -3.85. The molecule has 30 heavy (non-hydrogen) atoms. The van der Waals surface area contributed by atoms with Gasteiger partial charge in [0.1, 0.15) is 0 Å². The van der Waals surface area contributed by atoms with Gasteiger partial charge in [-0.05, 0) is 43.4 Å². The van der Waals surface area contributed by atoms with Gasteiger partial charge in [0.05, 0.1) is 11.3 Å². The number of primary amides is 1. The summed E-state index contributed by atoms with van der Waals surface area (Å²) >= 11 is 5.22. The van der Waals surface area contributed by atoms with Crippen LogP contribution in [0.1, 0.15) is 27.6 Å². The van der Waals surface area contributed by atoms with Crippen molar-refractivity contribution in [3.05, 3.63) is 82.4 Å². The standard InChI is InChI=1S/C21H19N5O3S/c1-2-26-12-16(17(24-21(26)29)13-6-4-3-5-7-13)19(28)25-20(30)23-15-10-8-14(9-11-15)18(22)27/h3-12H,2H2,1H3,(H2,22,27)(H2,23,25,28,30). The molecule has 0 saturated carbocycles. The van der Waals surface area contributed by atoms with Crippen molar-refractivity contribution in [1.29, 1.82) is 0 Å². The van der Waals surface area contributed by atoms with E-state index in [9.17, 15) is 14.4 Å². The van der Waals surface area contributed by atoms with Crippen LogP contribution in [0.2, 0.25) is 0 Å². The molecule has 2 amide bonds. The summed E-state index contributed by atoms with van der Waals surface area (Å²) in [5.74, 6) is -1.04. The predicted molar refractivity (Wildman–Crippen MR) is 118 cm³/mol. The lowest BCUT2D eigenvalue weighted by atomic mass is 10.1. The summed E-state index contributed by atoms with van der Waals surface area (Å²) in [4.78, 5) is 40.4. The van der Waals surface area contributed by atoms with Crippen molar-refractivity contribution < 1.29 is 9.59 Å². The number of amides is 2. The minimum atomic E-state index is -0.538. The van der Waals surface area contributed by atoms with E-state index in [1.807, 2.05) is 6.07 Å². The average Bonchev–Trinajstić information content (AvgIpc) is 2.74. The molecule has 0 aliphatic rings. The molecule has 0 saturated heterocycles. The Kier molecular flexibility index (Phi) is 6.33. The lowest BCUT2D eigenvalue weighted by molar-refractivity contribution is 0.0974. The summed E-state index contributed by atoms with van der Waals surface area (Å²) in [6.07, 6.45) is 1.47. The number of carbonyl (C=O) groups excluding carboxylic acids is 2. The van der Waals surface area contributed by atoms with Crippen LogP contribution in [0.15, 0.2) is 65.6 Å². The van der Waals surface area contributed by atoms with E-state index in [0.717, 1.165) is 0 Å². The van der Waals surface area contributed by atoms with Crippen molar-refractivity contribution in [2.24, 2.45) is 5.73 Å². The lowest BCUT2D eigenvalue weighted by Gasteiger charge is -2.13. The number of aryl methyl sites for hydroxylation is 1. The second-order valence-electron chi connectivity index (χ2n) is 6.29. The van der Waals surface area contributed by atoms with E-state index in [4.69, 9.17) is 18.0 Å². The van der Waals surface area contributed by atoms with Crippen LogP contribution in [-0.4, -0.2) is 26.5 Å². The fraction of sp³-hybridized carbons (Fsp3) is 0.0952. The fourth-order valence-corrected chi connectivity index (χ4v) is 2.96. The maximum atomic E-state index is 12.9. The molecule has 3 aromatic rings. The molecule has 0 unspecified atom stereocenters. The zero-order valence-corrected chi connectivity index (χ0v) is 16.9. The first-order valence-corrected chi connectivity index (χ1v) is 9.49. The molecule has 152 valence electrons. The van der Waals surface area contributed by atoms with Gasteiger partial charge in [0.25, 0.3) is 5.91 Å². The highest BCUT2D eigenvalue weighted by Crippen LogP contribution is 2.20. The SMILES string of the molecule is CCn1cc(C(=O)NC(=S)Nc2ccc(C(N)=O)cc2)c(-c2ccccc2)nc1=O. The molecule has 0 bridgehead atoms. The Bertz CT molecular complexity index is 1160. The third-order valence-corrected chi connectivity index (χ3v) is 4.48. The fourth-order valence-electron chi connectivity index (χ4n) is 2.75. The number of benzene rings is 2. The van der Waals surface area contributed by atoms with Gasteiger partial charge in [0.15, 0.2) is 5.11 Å². The van der Waals surface area contributed by atoms with E-state index < -0.39 is 17.5 Å². The van der Waals surface area contributed by atoms with E-state index in [-0.39, 0.29) is 16.4 Å². The van der Waals surface area contributed by atoms with Crippen LogP contribution in [0.4, 0.5) is 5.69 Å². The second-order valence-corrected chi connectivity index (χ2v) is 6.70. The Morgan fingerprint density at radius 1 is 1.10 bits per heavy atom. The molecule has 9 heteroatoms. The number of nitrogens with one attached hydrogen (secondary N) is 2. The van der Waals surface area contributed by atoms with Crippen LogP contribution < -0.4 is 22.1 Å². The molecule has 4 N–H and O–H groups in total. The average molecular weight is 421 g/mol. The molecule has 0 aliphatic carbocycles. The van der Waals surface area contributed by atoms with Crippen molar-refractivity contribution in [2.75, 3.05) is 5.32 Å².